The van der Waals surface area contributed by atoms with Crippen molar-refractivity contribution in [2.45, 2.75) is 20.3 Å². The lowest BCUT2D eigenvalue weighted by molar-refractivity contribution is -0.140. The monoisotopic (exact) mass is 482 g/mol. The van der Waals surface area contributed by atoms with Gasteiger partial charge < -0.3 is 9.47 Å². The number of ether oxygens (including phenoxy) is 2. The van der Waals surface area contributed by atoms with Gasteiger partial charge in [0.25, 0.3) is 11.8 Å². The number of imide groups is 1. The predicted octanol–water partition coefficient (Wildman–Crippen LogP) is 4.56. The summed E-state index contributed by atoms with van der Waals surface area (Å²) in [6.07, 6.45) is 4.11. The van der Waals surface area contributed by atoms with Gasteiger partial charge in [0, 0.05) is 29.4 Å². The van der Waals surface area contributed by atoms with Gasteiger partial charge in [0.2, 0.25) is 0 Å². The maximum absolute atomic E-state index is 13.3. The van der Waals surface area contributed by atoms with Crippen LogP contribution in [0.3, 0.4) is 0 Å². The SMILES string of the molecule is CCCN1C(=O)C(C#N)=C(C)/C(=C\c2cn(-c3ccccc3)nc2-c2ccc(OC)c(OC)c2)C1=O. The number of amides is 2. The lowest BCUT2D eigenvalue weighted by atomic mass is 9.93. The number of aromatic nitrogens is 2. The fourth-order valence-corrected chi connectivity index (χ4v) is 4.13. The number of hydrogen-bond acceptors (Lipinski definition) is 6. The van der Waals surface area contributed by atoms with Crippen LogP contribution in [0.1, 0.15) is 25.8 Å². The maximum Gasteiger partial charge on any atom is 0.271 e. The van der Waals surface area contributed by atoms with E-state index in [-0.39, 0.29) is 17.7 Å². The Morgan fingerprint density at radius 3 is 2.39 bits per heavy atom. The van der Waals surface area contributed by atoms with Crippen LogP contribution in [0.15, 0.2) is 71.4 Å². The quantitative estimate of drug-likeness (QED) is 0.362. The third kappa shape index (κ3) is 4.39. The van der Waals surface area contributed by atoms with Crippen molar-refractivity contribution in [2.75, 3.05) is 20.8 Å². The Labute approximate surface area is 209 Å². The number of para-hydroxylation sites is 1. The van der Waals surface area contributed by atoms with Gasteiger partial charge in [-0.15, -0.1) is 0 Å². The van der Waals surface area contributed by atoms with Crippen LogP contribution in [0.2, 0.25) is 0 Å². The highest BCUT2D eigenvalue weighted by atomic mass is 16.5. The molecule has 1 aliphatic rings. The van der Waals surface area contributed by atoms with Gasteiger partial charge in [0.1, 0.15) is 17.3 Å². The van der Waals surface area contributed by atoms with E-state index < -0.39 is 11.8 Å². The zero-order valence-electron chi connectivity index (χ0n) is 20.6. The summed E-state index contributed by atoms with van der Waals surface area (Å²) in [7, 11) is 3.13. The normalized spacial score (nSPS) is 14.9. The van der Waals surface area contributed by atoms with Crippen molar-refractivity contribution >= 4 is 17.9 Å². The molecule has 0 saturated heterocycles. The Bertz CT molecular complexity index is 1430. The summed E-state index contributed by atoms with van der Waals surface area (Å²) in [5, 5.41) is 14.5. The number of benzene rings is 2. The number of nitrogens with zero attached hydrogens (tertiary/aromatic N) is 4. The standard InChI is InChI=1S/C28H26N4O4/c1-5-13-31-27(33)22(18(2)23(16-29)28(31)34)14-20-17-32(21-9-7-6-8-10-21)30-26(20)19-11-12-24(35-3)25(15-19)36-4/h6-12,14-15,17H,5,13H2,1-4H3/b22-14+. The van der Waals surface area contributed by atoms with Gasteiger partial charge in [-0.05, 0) is 55.3 Å². The van der Waals surface area contributed by atoms with Crippen molar-refractivity contribution in [3.63, 3.8) is 0 Å². The molecule has 8 nitrogen and oxygen atoms in total. The van der Waals surface area contributed by atoms with Gasteiger partial charge in [-0.2, -0.15) is 10.4 Å². The molecule has 182 valence electrons. The highest BCUT2D eigenvalue weighted by molar-refractivity contribution is 6.19. The van der Waals surface area contributed by atoms with Gasteiger partial charge in [0.15, 0.2) is 11.5 Å². The van der Waals surface area contributed by atoms with Crippen LogP contribution in [0.5, 0.6) is 11.5 Å². The van der Waals surface area contributed by atoms with E-state index >= 15 is 0 Å². The molecule has 0 radical (unpaired) electrons. The van der Waals surface area contributed by atoms with E-state index in [9.17, 15) is 14.9 Å². The molecule has 2 heterocycles. The second-order valence-electron chi connectivity index (χ2n) is 8.21. The van der Waals surface area contributed by atoms with E-state index in [0.717, 1.165) is 16.2 Å². The van der Waals surface area contributed by atoms with Crippen LogP contribution in [0, 0.1) is 11.3 Å². The molecule has 36 heavy (non-hydrogen) atoms. The van der Waals surface area contributed by atoms with E-state index in [1.54, 1.807) is 38.0 Å². The molecule has 8 heteroatoms. The molecule has 2 aromatic carbocycles. The minimum Gasteiger partial charge on any atom is -0.493 e. The Kier molecular flexibility index (Phi) is 7.02. The van der Waals surface area contributed by atoms with Gasteiger partial charge >= 0.3 is 0 Å². The minimum atomic E-state index is -0.556. The Hall–Kier alpha value is -4.64. The summed E-state index contributed by atoms with van der Waals surface area (Å²) in [6.45, 7) is 3.74. The molecule has 0 unspecified atom stereocenters. The first-order valence-corrected chi connectivity index (χ1v) is 11.5. The number of nitriles is 1. The smallest absolute Gasteiger partial charge is 0.271 e. The van der Waals surface area contributed by atoms with Crippen molar-refractivity contribution in [3.8, 4) is 34.5 Å². The third-order valence-electron chi connectivity index (χ3n) is 5.99. The average molecular weight is 483 g/mol. The fourth-order valence-electron chi connectivity index (χ4n) is 4.13. The van der Waals surface area contributed by atoms with Crippen LogP contribution in [0.4, 0.5) is 0 Å². The van der Waals surface area contributed by atoms with Crippen LogP contribution in [0.25, 0.3) is 23.0 Å². The zero-order chi connectivity index (χ0) is 25.8. The van der Waals surface area contributed by atoms with E-state index in [1.807, 2.05) is 61.7 Å². The third-order valence-corrected chi connectivity index (χ3v) is 5.99. The summed E-state index contributed by atoms with van der Waals surface area (Å²) in [6, 6.07) is 17.0. The van der Waals surface area contributed by atoms with E-state index in [4.69, 9.17) is 14.6 Å². The molecule has 0 bridgehead atoms. The fraction of sp³-hybridized carbons (Fsp3) is 0.214. The molecule has 0 fully saturated rings. The van der Waals surface area contributed by atoms with Crippen molar-refractivity contribution in [1.82, 2.24) is 14.7 Å². The molecule has 1 aliphatic heterocycles. The molecule has 2 amide bonds. The lowest BCUT2D eigenvalue weighted by Crippen LogP contribution is -2.43. The van der Waals surface area contributed by atoms with E-state index in [1.165, 1.54) is 0 Å². The molecule has 0 N–H and O–H groups in total. The van der Waals surface area contributed by atoms with Crippen molar-refractivity contribution in [1.29, 1.82) is 5.26 Å². The maximum atomic E-state index is 13.3. The van der Waals surface area contributed by atoms with Gasteiger partial charge in [-0.25, -0.2) is 4.68 Å². The highest BCUT2D eigenvalue weighted by Crippen LogP contribution is 2.35. The van der Waals surface area contributed by atoms with Crippen molar-refractivity contribution in [3.05, 3.63) is 77.0 Å². The summed E-state index contributed by atoms with van der Waals surface area (Å²) in [5.41, 5.74) is 3.45. The molecular formula is C28H26N4O4. The molecule has 0 saturated carbocycles. The minimum absolute atomic E-state index is 0.0302. The summed E-state index contributed by atoms with van der Waals surface area (Å²) < 4.78 is 12.6. The first-order chi connectivity index (χ1) is 17.4. The topological polar surface area (TPSA) is 97.5 Å². The van der Waals surface area contributed by atoms with Crippen LogP contribution < -0.4 is 9.47 Å². The molecule has 0 spiro atoms. The van der Waals surface area contributed by atoms with Crippen LogP contribution in [-0.4, -0.2) is 47.3 Å². The number of carbonyl (C=O) groups is 2. The first kappa shape index (κ1) is 24.5. The average Bonchev–Trinajstić information content (AvgIpc) is 3.33. The predicted molar refractivity (Wildman–Crippen MR) is 135 cm³/mol. The molecule has 3 aromatic rings. The zero-order valence-corrected chi connectivity index (χ0v) is 20.6. The molecule has 0 aliphatic carbocycles. The second-order valence-corrected chi connectivity index (χ2v) is 8.21. The van der Waals surface area contributed by atoms with Gasteiger partial charge in [-0.1, -0.05) is 25.1 Å². The Morgan fingerprint density at radius 1 is 1.03 bits per heavy atom. The number of methoxy groups -OCH3 is 2. The summed E-state index contributed by atoms with van der Waals surface area (Å²) >= 11 is 0. The first-order valence-electron chi connectivity index (χ1n) is 11.5. The Morgan fingerprint density at radius 2 is 1.75 bits per heavy atom. The lowest BCUT2D eigenvalue weighted by Gasteiger charge is -2.27. The Balaban J connectivity index is 1.94. The van der Waals surface area contributed by atoms with E-state index in [0.29, 0.717) is 34.8 Å². The van der Waals surface area contributed by atoms with Crippen molar-refractivity contribution in [2.24, 2.45) is 0 Å². The molecule has 1 aromatic heterocycles. The molecule has 4 rings (SSSR count). The summed E-state index contributed by atoms with van der Waals surface area (Å²) in [4.78, 5) is 27.2. The highest BCUT2D eigenvalue weighted by Gasteiger charge is 2.35. The van der Waals surface area contributed by atoms with Gasteiger partial charge in [0.05, 0.1) is 19.9 Å². The van der Waals surface area contributed by atoms with Crippen LogP contribution >= 0.6 is 0 Å². The molecular weight excluding hydrogens is 456 g/mol. The van der Waals surface area contributed by atoms with E-state index in [2.05, 4.69) is 0 Å². The second kappa shape index (κ2) is 10.3. The summed E-state index contributed by atoms with van der Waals surface area (Å²) in [5.74, 6) is 0.139. The largest absolute Gasteiger partial charge is 0.493 e. The number of rotatable bonds is 7. The number of carbonyl (C=O) groups excluding carboxylic acids is 2. The molecule has 0 atom stereocenters. The number of hydrogen-bond donors (Lipinski definition) is 0. The van der Waals surface area contributed by atoms with Gasteiger partial charge in [-0.3, -0.25) is 14.5 Å². The van der Waals surface area contributed by atoms with Crippen LogP contribution in [-0.2, 0) is 9.59 Å². The van der Waals surface area contributed by atoms with Crippen molar-refractivity contribution < 1.29 is 19.1 Å².